The van der Waals surface area contributed by atoms with Crippen molar-refractivity contribution in [3.05, 3.63) is 12.7 Å². The van der Waals surface area contributed by atoms with Crippen molar-refractivity contribution in [2.75, 3.05) is 13.1 Å². The highest BCUT2D eigenvalue weighted by atomic mass is 16.3. The number of carbonyl (C=O) groups excluding carboxylic acids is 1. The van der Waals surface area contributed by atoms with E-state index < -0.39 is 5.60 Å². The second-order valence-electron chi connectivity index (χ2n) is 4.47. The second kappa shape index (κ2) is 4.21. The highest BCUT2D eigenvalue weighted by molar-refractivity contribution is 5.76. The molecule has 1 saturated heterocycles. The van der Waals surface area contributed by atoms with Gasteiger partial charge in [0.05, 0.1) is 12.1 Å². The number of carbonyl (C=O) groups is 1. The summed E-state index contributed by atoms with van der Waals surface area (Å²) in [6.07, 6.45) is 4.10. The number of amides is 1. The van der Waals surface area contributed by atoms with Gasteiger partial charge in [0.25, 0.3) is 0 Å². The Hall–Kier alpha value is -1.43. The van der Waals surface area contributed by atoms with E-state index >= 15 is 0 Å². The number of hydrogen-bond acceptors (Lipinski definition) is 4. The normalized spacial score (nSPS) is 25.0. The minimum absolute atomic E-state index is 0.0632. The maximum atomic E-state index is 11.8. The summed E-state index contributed by atoms with van der Waals surface area (Å²) in [7, 11) is 0. The third-order valence-corrected chi connectivity index (χ3v) is 2.83. The van der Waals surface area contributed by atoms with E-state index in [0.717, 1.165) is 0 Å². The molecule has 1 aliphatic heterocycles. The maximum Gasteiger partial charge on any atom is 0.224 e. The first-order valence-electron chi connectivity index (χ1n) is 5.39. The number of hydrogen-bond donors (Lipinski definition) is 1. The summed E-state index contributed by atoms with van der Waals surface area (Å²) in [5.41, 5.74) is -0.719. The summed E-state index contributed by atoms with van der Waals surface area (Å²) in [6.45, 7) is 3.38. The molecule has 0 radical (unpaired) electrons. The second-order valence-corrected chi connectivity index (χ2v) is 4.47. The average Bonchev–Trinajstić information content (AvgIpc) is 2.83. The fourth-order valence-electron chi connectivity index (χ4n) is 1.87. The lowest BCUT2D eigenvalue weighted by molar-refractivity contribution is -0.131. The van der Waals surface area contributed by atoms with Gasteiger partial charge in [-0.3, -0.25) is 9.48 Å². The molecule has 1 unspecified atom stereocenters. The van der Waals surface area contributed by atoms with Crippen molar-refractivity contribution in [2.45, 2.75) is 31.9 Å². The molecule has 2 heterocycles. The number of β-amino-alcohol motifs (C(OH)–C–C–N with tert-alkyl or cyclic N) is 1. The van der Waals surface area contributed by atoms with Gasteiger partial charge in [-0.25, -0.2) is 4.98 Å². The van der Waals surface area contributed by atoms with E-state index in [1.807, 2.05) is 0 Å². The molecule has 88 valence electrons. The standard InChI is InChI=1S/C10H16N4O2/c1-10(16)3-5-13(6-10)9(15)2-4-14-8-11-7-12-14/h7-8,16H,2-6H2,1H3. The van der Waals surface area contributed by atoms with Crippen molar-refractivity contribution in [2.24, 2.45) is 0 Å². The smallest absolute Gasteiger partial charge is 0.224 e. The number of likely N-dealkylation sites (tertiary alicyclic amines) is 1. The van der Waals surface area contributed by atoms with Gasteiger partial charge >= 0.3 is 0 Å². The van der Waals surface area contributed by atoms with Crippen LogP contribution in [0.1, 0.15) is 19.8 Å². The van der Waals surface area contributed by atoms with E-state index in [2.05, 4.69) is 10.1 Å². The molecule has 0 saturated carbocycles. The molecule has 6 nitrogen and oxygen atoms in total. The first-order chi connectivity index (χ1) is 7.57. The quantitative estimate of drug-likeness (QED) is 0.762. The van der Waals surface area contributed by atoms with E-state index in [4.69, 9.17) is 0 Å². The number of aryl methyl sites for hydroxylation is 1. The van der Waals surface area contributed by atoms with Crippen molar-refractivity contribution in [3.63, 3.8) is 0 Å². The largest absolute Gasteiger partial charge is 0.388 e. The molecule has 0 aromatic carbocycles. The monoisotopic (exact) mass is 224 g/mol. The van der Waals surface area contributed by atoms with Gasteiger partial charge in [-0.2, -0.15) is 5.10 Å². The van der Waals surface area contributed by atoms with E-state index in [0.29, 0.717) is 32.5 Å². The summed E-state index contributed by atoms with van der Waals surface area (Å²) in [5, 5.41) is 13.7. The zero-order valence-electron chi connectivity index (χ0n) is 9.33. The minimum Gasteiger partial charge on any atom is -0.388 e. The lowest BCUT2D eigenvalue weighted by Gasteiger charge is -2.18. The van der Waals surface area contributed by atoms with E-state index in [-0.39, 0.29) is 5.91 Å². The summed E-state index contributed by atoms with van der Waals surface area (Å²) in [5.74, 6) is 0.0632. The van der Waals surface area contributed by atoms with Crippen molar-refractivity contribution < 1.29 is 9.90 Å². The van der Waals surface area contributed by atoms with E-state index in [9.17, 15) is 9.90 Å². The molecule has 6 heteroatoms. The van der Waals surface area contributed by atoms with Gasteiger partial charge in [-0.15, -0.1) is 0 Å². The molecular weight excluding hydrogens is 208 g/mol. The summed E-state index contributed by atoms with van der Waals surface area (Å²) in [4.78, 5) is 17.3. The Kier molecular flexibility index (Phi) is 2.91. The molecule has 1 aromatic heterocycles. The molecule has 2 rings (SSSR count). The van der Waals surface area contributed by atoms with Gasteiger partial charge in [-0.1, -0.05) is 0 Å². The molecule has 1 aliphatic rings. The first-order valence-corrected chi connectivity index (χ1v) is 5.39. The topological polar surface area (TPSA) is 71.2 Å². The summed E-state index contributed by atoms with van der Waals surface area (Å²) in [6, 6.07) is 0. The maximum absolute atomic E-state index is 11.8. The van der Waals surface area contributed by atoms with Crippen molar-refractivity contribution in [1.29, 1.82) is 0 Å². The molecule has 16 heavy (non-hydrogen) atoms. The summed E-state index contributed by atoms with van der Waals surface area (Å²) < 4.78 is 1.63. The Labute approximate surface area is 93.9 Å². The first kappa shape index (κ1) is 11.1. The van der Waals surface area contributed by atoms with Crippen LogP contribution in [0, 0.1) is 0 Å². The van der Waals surface area contributed by atoms with E-state index in [1.54, 1.807) is 22.8 Å². The van der Waals surface area contributed by atoms with Crippen LogP contribution in [0.25, 0.3) is 0 Å². The van der Waals surface area contributed by atoms with E-state index in [1.165, 1.54) is 6.33 Å². The molecular formula is C10H16N4O2. The van der Waals surface area contributed by atoms with Gasteiger partial charge < -0.3 is 10.0 Å². The van der Waals surface area contributed by atoms with Crippen LogP contribution in [0.4, 0.5) is 0 Å². The number of aromatic nitrogens is 3. The SMILES string of the molecule is CC1(O)CCN(C(=O)CCn2cncn2)C1. The van der Waals surface area contributed by atoms with Crippen molar-refractivity contribution in [3.8, 4) is 0 Å². The fraction of sp³-hybridized carbons (Fsp3) is 0.700. The van der Waals surface area contributed by atoms with Crippen LogP contribution >= 0.6 is 0 Å². The fourth-order valence-corrected chi connectivity index (χ4v) is 1.87. The molecule has 1 N–H and O–H groups in total. The number of aliphatic hydroxyl groups is 1. The molecule has 0 bridgehead atoms. The Morgan fingerprint density at radius 3 is 3.00 bits per heavy atom. The highest BCUT2D eigenvalue weighted by Crippen LogP contribution is 2.20. The van der Waals surface area contributed by atoms with Crippen LogP contribution < -0.4 is 0 Å². The Morgan fingerprint density at radius 2 is 2.44 bits per heavy atom. The van der Waals surface area contributed by atoms with Crippen LogP contribution in [-0.4, -0.2) is 49.4 Å². The third-order valence-electron chi connectivity index (χ3n) is 2.83. The van der Waals surface area contributed by atoms with Crippen LogP contribution in [-0.2, 0) is 11.3 Å². The summed E-state index contributed by atoms with van der Waals surface area (Å²) >= 11 is 0. The lowest BCUT2D eigenvalue weighted by atomic mass is 10.1. The molecule has 0 aliphatic carbocycles. The van der Waals surface area contributed by atoms with Crippen molar-refractivity contribution >= 4 is 5.91 Å². The Bertz CT molecular complexity index is 361. The lowest BCUT2D eigenvalue weighted by Crippen LogP contribution is -2.34. The Morgan fingerprint density at radius 1 is 1.62 bits per heavy atom. The predicted molar refractivity (Wildman–Crippen MR) is 56.5 cm³/mol. The minimum atomic E-state index is -0.719. The molecule has 1 atom stereocenters. The number of nitrogens with zero attached hydrogens (tertiary/aromatic N) is 4. The predicted octanol–water partition coefficient (Wildman–Crippen LogP) is -0.349. The molecule has 0 spiro atoms. The molecule has 1 aromatic rings. The number of rotatable bonds is 3. The van der Waals surface area contributed by atoms with Crippen LogP contribution in [0.5, 0.6) is 0 Å². The van der Waals surface area contributed by atoms with Crippen LogP contribution in [0.15, 0.2) is 12.7 Å². The molecule has 1 fully saturated rings. The van der Waals surface area contributed by atoms with Gasteiger partial charge in [-0.05, 0) is 13.3 Å². The van der Waals surface area contributed by atoms with Gasteiger partial charge in [0.15, 0.2) is 0 Å². The van der Waals surface area contributed by atoms with Crippen LogP contribution in [0.3, 0.4) is 0 Å². The highest BCUT2D eigenvalue weighted by Gasteiger charge is 2.33. The third kappa shape index (κ3) is 2.57. The zero-order chi connectivity index (χ0) is 11.6. The average molecular weight is 224 g/mol. The van der Waals surface area contributed by atoms with Crippen LogP contribution in [0.2, 0.25) is 0 Å². The molecule has 1 amide bonds. The Balaban J connectivity index is 1.81. The van der Waals surface area contributed by atoms with Gasteiger partial charge in [0.1, 0.15) is 12.7 Å². The van der Waals surface area contributed by atoms with Gasteiger partial charge in [0, 0.05) is 19.5 Å². The van der Waals surface area contributed by atoms with Gasteiger partial charge in [0.2, 0.25) is 5.91 Å². The van der Waals surface area contributed by atoms with Crippen molar-refractivity contribution in [1.82, 2.24) is 19.7 Å². The zero-order valence-corrected chi connectivity index (χ0v) is 9.33.